The van der Waals surface area contributed by atoms with Gasteiger partial charge in [0.15, 0.2) is 5.69 Å². The molecule has 26 heavy (non-hydrogen) atoms. The van der Waals surface area contributed by atoms with Crippen LogP contribution in [0.5, 0.6) is 0 Å². The van der Waals surface area contributed by atoms with Gasteiger partial charge in [0.25, 0.3) is 5.91 Å². The average Bonchev–Trinajstić information content (AvgIpc) is 3.37. The Labute approximate surface area is 151 Å². The van der Waals surface area contributed by atoms with Gasteiger partial charge < -0.3 is 5.32 Å². The number of nitrogens with zero attached hydrogens (tertiary/aromatic N) is 7. The molecule has 0 aliphatic heterocycles. The lowest BCUT2D eigenvalue weighted by Gasteiger charge is -1.98. The van der Waals surface area contributed by atoms with E-state index < -0.39 is 0 Å². The molecular weight excluding hydrogens is 352 g/mol. The summed E-state index contributed by atoms with van der Waals surface area (Å²) in [4.78, 5) is 20.0. The molecule has 128 valence electrons. The molecule has 0 unspecified atom stereocenters. The predicted molar refractivity (Wildman–Crippen MR) is 93.5 cm³/mol. The molecule has 0 fully saturated rings. The fourth-order valence-electron chi connectivity index (χ4n) is 2.17. The van der Waals surface area contributed by atoms with E-state index in [2.05, 4.69) is 35.8 Å². The SMILES string of the molecule is O=C(NCc1nnc(-c2ccccc2)s1)c1cn(-c2cncnc2)nn1. The lowest BCUT2D eigenvalue weighted by molar-refractivity contribution is 0.0945. The van der Waals surface area contributed by atoms with E-state index in [9.17, 15) is 4.79 Å². The molecule has 0 bridgehead atoms. The first kappa shape index (κ1) is 16.0. The van der Waals surface area contributed by atoms with Crippen molar-refractivity contribution in [2.45, 2.75) is 6.54 Å². The van der Waals surface area contributed by atoms with Crippen LogP contribution in [0.3, 0.4) is 0 Å². The molecule has 10 heteroatoms. The fraction of sp³-hybridized carbons (Fsp3) is 0.0625. The van der Waals surface area contributed by atoms with Gasteiger partial charge in [-0.05, 0) is 0 Å². The highest BCUT2D eigenvalue weighted by molar-refractivity contribution is 7.14. The molecule has 0 atom stereocenters. The van der Waals surface area contributed by atoms with Crippen molar-refractivity contribution in [3.63, 3.8) is 0 Å². The van der Waals surface area contributed by atoms with E-state index >= 15 is 0 Å². The van der Waals surface area contributed by atoms with Gasteiger partial charge in [-0.1, -0.05) is 46.9 Å². The number of hydrogen-bond donors (Lipinski definition) is 1. The maximum Gasteiger partial charge on any atom is 0.273 e. The number of carbonyl (C=O) groups excluding carboxylic acids is 1. The van der Waals surface area contributed by atoms with Crippen molar-refractivity contribution < 1.29 is 4.79 Å². The lowest BCUT2D eigenvalue weighted by atomic mass is 10.2. The number of aromatic nitrogens is 7. The Hall–Kier alpha value is -3.53. The second kappa shape index (κ2) is 7.15. The van der Waals surface area contributed by atoms with Crippen molar-refractivity contribution in [2.75, 3.05) is 0 Å². The van der Waals surface area contributed by atoms with Gasteiger partial charge in [-0.15, -0.1) is 15.3 Å². The molecule has 4 rings (SSSR count). The molecule has 0 saturated heterocycles. The highest BCUT2D eigenvalue weighted by atomic mass is 32.1. The summed E-state index contributed by atoms with van der Waals surface area (Å²) < 4.78 is 1.44. The van der Waals surface area contributed by atoms with Crippen molar-refractivity contribution in [1.82, 2.24) is 40.5 Å². The lowest BCUT2D eigenvalue weighted by Crippen LogP contribution is -2.23. The van der Waals surface area contributed by atoms with Crippen molar-refractivity contribution in [1.29, 1.82) is 0 Å². The normalized spacial score (nSPS) is 10.6. The van der Waals surface area contributed by atoms with Crippen LogP contribution >= 0.6 is 11.3 Å². The molecular formula is C16H12N8OS. The smallest absolute Gasteiger partial charge is 0.273 e. The van der Waals surface area contributed by atoms with E-state index in [1.807, 2.05) is 30.3 Å². The minimum atomic E-state index is -0.343. The molecule has 0 aliphatic carbocycles. The molecule has 0 spiro atoms. The third-order valence-corrected chi connectivity index (χ3v) is 4.40. The fourth-order valence-corrected chi connectivity index (χ4v) is 2.96. The van der Waals surface area contributed by atoms with Crippen molar-refractivity contribution >= 4 is 17.2 Å². The zero-order chi connectivity index (χ0) is 17.8. The first-order chi connectivity index (χ1) is 12.8. The number of benzene rings is 1. The summed E-state index contributed by atoms with van der Waals surface area (Å²) in [5.74, 6) is -0.343. The highest BCUT2D eigenvalue weighted by Crippen LogP contribution is 2.22. The quantitative estimate of drug-likeness (QED) is 0.571. The van der Waals surface area contributed by atoms with E-state index in [0.29, 0.717) is 10.7 Å². The zero-order valence-electron chi connectivity index (χ0n) is 13.4. The summed E-state index contributed by atoms with van der Waals surface area (Å²) in [6, 6.07) is 9.77. The van der Waals surface area contributed by atoms with Crippen LogP contribution in [-0.4, -0.2) is 41.1 Å². The number of nitrogens with one attached hydrogen (secondary N) is 1. The Morgan fingerprint density at radius 1 is 1.08 bits per heavy atom. The Morgan fingerprint density at radius 3 is 2.69 bits per heavy atom. The van der Waals surface area contributed by atoms with E-state index in [0.717, 1.165) is 10.6 Å². The van der Waals surface area contributed by atoms with Crippen LogP contribution < -0.4 is 5.32 Å². The van der Waals surface area contributed by atoms with E-state index in [1.165, 1.54) is 28.5 Å². The number of rotatable bonds is 5. The summed E-state index contributed by atoms with van der Waals surface area (Å²) in [7, 11) is 0. The van der Waals surface area contributed by atoms with Gasteiger partial charge in [-0.3, -0.25) is 4.79 Å². The van der Waals surface area contributed by atoms with E-state index in [4.69, 9.17) is 0 Å². The first-order valence-corrected chi connectivity index (χ1v) is 8.45. The molecule has 3 aromatic heterocycles. The van der Waals surface area contributed by atoms with Crippen molar-refractivity contribution in [3.05, 3.63) is 66.0 Å². The van der Waals surface area contributed by atoms with E-state index in [-0.39, 0.29) is 18.1 Å². The molecule has 0 aliphatic rings. The van der Waals surface area contributed by atoms with Crippen LogP contribution in [-0.2, 0) is 6.54 Å². The number of carbonyl (C=O) groups is 1. The summed E-state index contributed by atoms with van der Waals surface area (Å²) in [6.45, 7) is 0.268. The minimum Gasteiger partial charge on any atom is -0.344 e. The molecule has 1 aromatic carbocycles. The topological polar surface area (TPSA) is 111 Å². The molecule has 9 nitrogen and oxygen atoms in total. The Bertz CT molecular complexity index is 1010. The monoisotopic (exact) mass is 364 g/mol. The van der Waals surface area contributed by atoms with Crippen LogP contribution in [0.2, 0.25) is 0 Å². The second-order valence-corrected chi connectivity index (χ2v) is 6.26. The van der Waals surface area contributed by atoms with Gasteiger partial charge in [0, 0.05) is 5.56 Å². The van der Waals surface area contributed by atoms with Crippen LogP contribution in [0.4, 0.5) is 0 Å². The largest absolute Gasteiger partial charge is 0.344 e. The molecule has 0 radical (unpaired) electrons. The number of amides is 1. The van der Waals surface area contributed by atoms with Crippen LogP contribution in [0.15, 0.2) is 55.2 Å². The predicted octanol–water partition coefficient (Wildman–Crippen LogP) is 1.51. The summed E-state index contributed by atoms with van der Waals surface area (Å²) in [5, 5.41) is 20.3. The molecule has 0 saturated carbocycles. The molecule has 3 heterocycles. The Morgan fingerprint density at radius 2 is 1.88 bits per heavy atom. The van der Waals surface area contributed by atoms with Gasteiger partial charge in [0.2, 0.25) is 0 Å². The average molecular weight is 364 g/mol. The van der Waals surface area contributed by atoms with E-state index in [1.54, 1.807) is 12.4 Å². The van der Waals surface area contributed by atoms with Crippen molar-refractivity contribution in [3.8, 4) is 16.3 Å². The molecule has 1 N–H and O–H groups in total. The van der Waals surface area contributed by atoms with Gasteiger partial charge >= 0.3 is 0 Å². The minimum absolute atomic E-state index is 0.196. The van der Waals surface area contributed by atoms with Crippen LogP contribution in [0, 0.1) is 0 Å². The zero-order valence-corrected chi connectivity index (χ0v) is 14.2. The standard InChI is InChI=1S/C16H12N8OS/c25-15(13-9-24(23-20-13)12-6-17-10-18-7-12)19-8-14-21-22-16(26-14)11-4-2-1-3-5-11/h1-7,9-10H,8H2,(H,19,25). The maximum atomic E-state index is 12.2. The third-order valence-electron chi connectivity index (χ3n) is 3.43. The summed E-state index contributed by atoms with van der Waals surface area (Å²) in [6.07, 6.45) is 6.09. The molecule has 1 amide bonds. The maximum absolute atomic E-state index is 12.2. The first-order valence-electron chi connectivity index (χ1n) is 7.63. The Kier molecular flexibility index (Phi) is 4.39. The third kappa shape index (κ3) is 3.44. The van der Waals surface area contributed by atoms with Gasteiger partial charge in [-0.2, -0.15) is 0 Å². The van der Waals surface area contributed by atoms with Crippen LogP contribution in [0.25, 0.3) is 16.3 Å². The van der Waals surface area contributed by atoms with Gasteiger partial charge in [0.1, 0.15) is 22.0 Å². The summed E-state index contributed by atoms with van der Waals surface area (Å²) in [5.41, 5.74) is 1.81. The van der Waals surface area contributed by atoms with Gasteiger partial charge in [0.05, 0.1) is 25.1 Å². The van der Waals surface area contributed by atoms with Crippen molar-refractivity contribution in [2.24, 2.45) is 0 Å². The summed E-state index contributed by atoms with van der Waals surface area (Å²) >= 11 is 1.43. The van der Waals surface area contributed by atoms with Gasteiger partial charge in [-0.25, -0.2) is 14.6 Å². The Balaban J connectivity index is 1.40. The second-order valence-electron chi connectivity index (χ2n) is 5.19. The highest BCUT2D eigenvalue weighted by Gasteiger charge is 2.13. The van der Waals surface area contributed by atoms with Crippen LogP contribution in [0.1, 0.15) is 15.5 Å². The number of hydrogen-bond acceptors (Lipinski definition) is 8. The molecule has 4 aromatic rings.